The Bertz CT molecular complexity index is 1190. The summed E-state index contributed by atoms with van der Waals surface area (Å²) in [6.07, 6.45) is 0.740. The van der Waals surface area contributed by atoms with Crippen molar-refractivity contribution in [2.24, 2.45) is 13.0 Å². The van der Waals surface area contributed by atoms with Gasteiger partial charge in [0, 0.05) is 24.4 Å². The first-order valence-corrected chi connectivity index (χ1v) is 12.2. The quantitative estimate of drug-likeness (QED) is 0.351. The fourth-order valence-electron chi connectivity index (χ4n) is 5.04. The molecule has 1 saturated heterocycles. The molecule has 1 aliphatic carbocycles. The zero-order valence-electron chi connectivity index (χ0n) is 19.1. The summed E-state index contributed by atoms with van der Waals surface area (Å²) >= 11 is 1.63. The topological polar surface area (TPSA) is 78.0 Å². The van der Waals surface area contributed by atoms with E-state index in [-0.39, 0.29) is 11.3 Å². The number of methoxy groups -OCH3 is 1. The van der Waals surface area contributed by atoms with E-state index in [1.54, 1.807) is 17.8 Å². The van der Waals surface area contributed by atoms with Crippen molar-refractivity contribution in [3.05, 3.63) is 41.4 Å². The Morgan fingerprint density at radius 2 is 2.15 bits per heavy atom. The average molecular weight is 494 g/mol. The van der Waals surface area contributed by atoms with Crippen molar-refractivity contribution < 1.29 is 22.3 Å². The van der Waals surface area contributed by atoms with Crippen molar-refractivity contribution >= 4 is 11.8 Å². The van der Waals surface area contributed by atoms with Crippen LogP contribution in [0, 0.1) is 12.8 Å². The summed E-state index contributed by atoms with van der Waals surface area (Å²) in [6, 6.07) is 4.75. The van der Waals surface area contributed by atoms with Crippen LogP contribution in [0.5, 0.6) is 5.75 Å². The van der Waals surface area contributed by atoms with Crippen molar-refractivity contribution in [1.82, 2.24) is 25.1 Å². The molecule has 2 aromatic heterocycles. The van der Waals surface area contributed by atoms with Gasteiger partial charge in [0.15, 0.2) is 17.3 Å². The lowest BCUT2D eigenvalue weighted by molar-refractivity contribution is -0.138. The van der Waals surface area contributed by atoms with Crippen molar-refractivity contribution in [2.45, 2.75) is 55.5 Å². The van der Waals surface area contributed by atoms with Gasteiger partial charge in [-0.15, -0.1) is 10.2 Å². The molecule has 3 unspecified atom stereocenters. The van der Waals surface area contributed by atoms with Gasteiger partial charge >= 0.3 is 6.18 Å². The molecule has 3 aromatic rings. The number of fused-ring (bicyclic) bond motifs is 1. The molecule has 2 aliphatic rings. The molecule has 0 bridgehead atoms. The van der Waals surface area contributed by atoms with Gasteiger partial charge in [-0.25, -0.2) is 4.98 Å². The number of rotatable bonds is 8. The molecule has 1 N–H and O–H groups in total. The van der Waals surface area contributed by atoms with Gasteiger partial charge in [-0.1, -0.05) is 17.8 Å². The first kappa shape index (κ1) is 23.2. The number of nitrogens with zero attached hydrogens (tertiary/aromatic N) is 4. The lowest BCUT2D eigenvalue weighted by Crippen LogP contribution is -2.33. The minimum absolute atomic E-state index is 0.137. The minimum Gasteiger partial charge on any atom is -0.496 e. The molecular weight excluding hydrogens is 467 g/mol. The maximum absolute atomic E-state index is 13.5. The molecule has 1 aliphatic heterocycles. The number of nitrogens with one attached hydrogen (secondary N) is 1. The van der Waals surface area contributed by atoms with Crippen LogP contribution in [-0.2, 0) is 18.8 Å². The average Bonchev–Trinajstić information content (AvgIpc) is 3.09. The molecule has 7 nitrogen and oxygen atoms in total. The smallest absolute Gasteiger partial charge is 0.419 e. The van der Waals surface area contributed by atoms with E-state index in [0.717, 1.165) is 42.3 Å². The molecule has 1 aromatic carbocycles. The van der Waals surface area contributed by atoms with Gasteiger partial charge in [0.2, 0.25) is 5.82 Å². The first-order chi connectivity index (χ1) is 16.2. The molecule has 0 spiro atoms. The molecule has 0 radical (unpaired) electrons. The summed E-state index contributed by atoms with van der Waals surface area (Å²) in [6.45, 7) is 1.86. The van der Waals surface area contributed by atoms with Crippen molar-refractivity contribution in [3.63, 3.8) is 0 Å². The maximum Gasteiger partial charge on any atom is 0.419 e. The third-order valence-electron chi connectivity index (χ3n) is 6.87. The summed E-state index contributed by atoms with van der Waals surface area (Å²) in [5, 5.41) is 12.9. The molecule has 182 valence electrons. The SMILES string of the molecule is COc1ccc(C23CC2CC(CCCSc2nnc(-c4ocnc4C)n2C)N3)cc1C(F)(F)F. The van der Waals surface area contributed by atoms with Crippen LogP contribution in [0.25, 0.3) is 11.6 Å². The maximum atomic E-state index is 13.5. The number of alkyl halides is 3. The number of aromatic nitrogens is 4. The fourth-order valence-corrected chi connectivity index (χ4v) is 5.91. The second-order valence-corrected chi connectivity index (χ2v) is 10.0. The van der Waals surface area contributed by atoms with Crippen LogP contribution >= 0.6 is 11.8 Å². The zero-order valence-corrected chi connectivity index (χ0v) is 20.0. The van der Waals surface area contributed by atoms with E-state index in [0.29, 0.717) is 29.1 Å². The summed E-state index contributed by atoms with van der Waals surface area (Å²) in [4.78, 5) is 4.10. The van der Waals surface area contributed by atoms with Crippen molar-refractivity contribution in [1.29, 1.82) is 0 Å². The molecule has 3 atom stereocenters. The van der Waals surface area contributed by atoms with E-state index < -0.39 is 11.7 Å². The Morgan fingerprint density at radius 1 is 1.32 bits per heavy atom. The van der Waals surface area contributed by atoms with E-state index >= 15 is 0 Å². The number of oxazole rings is 1. The third-order valence-corrected chi connectivity index (χ3v) is 7.97. The highest BCUT2D eigenvalue weighted by molar-refractivity contribution is 7.99. The molecular formula is C23H26F3N5O2S. The number of thioether (sulfide) groups is 1. The number of hydrogen-bond donors (Lipinski definition) is 1. The van der Waals surface area contributed by atoms with E-state index in [1.165, 1.54) is 25.6 Å². The third kappa shape index (κ3) is 4.08. The van der Waals surface area contributed by atoms with E-state index in [9.17, 15) is 13.2 Å². The van der Waals surface area contributed by atoms with Crippen LogP contribution in [0.1, 0.15) is 42.5 Å². The second-order valence-electron chi connectivity index (χ2n) is 8.98. The number of piperidine rings is 1. The number of benzene rings is 1. The minimum atomic E-state index is -4.44. The normalized spacial score (nSPS) is 23.8. The molecule has 1 saturated carbocycles. The van der Waals surface area contributed by atoms with Gasteiger partial charge in [-0.2, -0.15) is 13.2 Å². The van der Waals surface area contributed by atoms with E-state index in [4.69, 9.17) is 9.15 Å². The number of aryl methyl sites for hydroxylation is 1. The largest absolute Gasteiger partial charge is 0.496 e. The standard InChI is InChI=1S/C23H26F3N5O2S/c1-13-19(33-12-27-13)20-29-30-21(31(20)2)34-8-4-5-16-9-15-11-22(15,28-16)14-6-7-18(32-3)17(10-14)23(24,25)26/h6-7,10,12,15-16,28H,4-5,8-9,11H2,1-3H3. The first-order valence-electron chi connectivity index (χ1n) is 11.2. The summed E-state index contributed by atoms with van der Waals surface area (Å²) in [5.41, 5.74) is 0.429. The van der Waals surface area contributed by atoms with Crippen molar-refractivity contribution in [2.75, 3.05) is 12.9 Å². The monoisotopic (exact) mass is 493 g/mol. The predicted octanol–water partition coefficient (Wildman–Crippen LogP) is 4.96. The number of hydrogen-bond acceptors (Lipinski definition) is 7. The molecule has 34 heavy (non-hydrogen) atoms. The van der Waals surface area contributed by atoms with Gasteiger partial charge in [0.1, 0.15) is 5.75 Å². The number of ether oxygens (including phenoxy) is 1. The van der Waals surface area contributed by atoms with E-state index in [1.807, 2.05) is 18.5 Å². The van der Waals surface area contributed by atoms with E-state index in [2.05, 4.69) is 20.5 Å². The second kappa shape index (κ2) is 8.60. The molecule has 5 rings (SSSR count). The van der Waals surface area contributed by atoms with Crippen LogP contribution in [-0.4, -0.2) is 38.7 Å². The predicted molar refractivity (Wildman–Crippen MR) is 121 cm³/mol. The molecule has 11 heteroatoms. The Kier molecular flexibility index (Phi) is 5.87. The molecule has 2 fully saturated rings. The van der Waals surface area contributed by atoms with Gasteiger partial charge < -0.3 is 19.0 Å². The summed E-state index contributed by atoms with van der Waals surface area (Å²) in [5.74, 6) is 2.38. The molecule has 0 amide bonds. The van der Waals surface area contributed by atoms with Gasteiger partial charge in [-0.3, -0.25) is 0 Å². The summed E-state index contributed by atoms with van der Waals surface area (Å²) in [7, 11) is 3.17. The van der Waals surface area contributed by atoms with Crippen LogP contribution in [0.4, 0.5) is 13.2 Å². The molecule has 3 heterocycles. The van der Waals surface area contributed by atoms with Gasteiger partial charge in [0.25, 0.3) is 0 Å². The van der Waals surface area contributed by atoms with Gasteiger partial charge in [0.05, 0.1) is 18.4 Å². The Labute approximate surface area is 199 Å². The lowest BCUT2D eigenvalue weighted by atomic mass is 10.00. The van der Waals surface area contributed by atoms with Crippen molar-refractivity contribution in [3.8, 4) is 17.3 Å². The Hall–Kier alpha value is -2.53. The Balaban J connectivity index is 1.17. The van der Waals surface area contributed by atoms with Crippen LogP contribution in [0.2, 0.25) is 0 Å². The fraction of sp³-hybridized carbons (Fsp3) is 0.522. The van der Waals surface area contributed by atoms with Crippen LogP contribution in [0.15, 0.2) is 34.2 Å². The van der Waals surface area contributed by atoms with Crippen LogP contribution in [0.3, 0.4) is 0 Å². The van der Waals surface area contributed by atoms with Crippen LogP contribution < -0.4 is 10.1 Å². The highest BCUT2D eigenvalue weighted by Gasteiger charge is 2.61. The Morgan fingerprint density at radius 3 is 2.85 bits per heavy atom. The number of halogens is 3. The van der Waals surface area contributed by atoms with Gasteiger partial charge in [-0.05, 0) is 56.2 Å². The lowest BCUT2D eigenvalue weighted by Gasteiger charge is -2.22. The highest BCUT2D eigenvalue weighted by atomic mass is 32.2. The zero-order chi connectivity index (χ0) is 24.1. The highest BCUT2D eigenvalue weighted by Crippen LogP contribution is 2.60. The summed E-state index contributed by atoms with van der Waals surface area (Å²) < 4.78 is 52.7.